The minimum Gasteiger partial charge on any atom is -0.508 e. The van der Waals surface area contributed by atoms with E-state index >= 15 is 0 Å². The van der Waals surface area contributed by atoms with Crippen molar-refractivity contribution in [2.45, 2.75) is 6.92 Å². The maximum Gasteiger partial charge on any atom is 0.254 e. The Labute approximate surface area is 107 Å². The van der Waals surface area contributed by atoms with Crippen LogP contribution in [0, 0.1) is 6.92 Å². The predicted molar refractivity (Wildman–Crippen MR) is 68.5 cm³/mol. The van der Waals surface area contributed by atoms with Gasteiger partial charge in [0.1, 0.15) is 5.75 Å². The smallest absolute Gasteiger partial charge is 0.254 e. The van der Waals surface area contributed by atoms with Gasteiger partial charge in [-0.1, -0.05) is 6.07 Å². The van der Waals surface area contributed by atoms with Crippen LogP contribution in [0.3, 0.4) is 0 Å². The highest BCUT2D eigenvalue weighted by Gasteiger charge is 2.16. The van der Waals surface area contributed by atoms with E-state index in [1.165, 1.54) is 15.9 Å². The van der Waals surface area contributed by atoms with Gasteiger partial charge in [0.15, 0.2) is 0 Å². The number of phenols is 1. The Morgan fingerprint density at radius 1 is 1.22 bits per heavy atom. The first-order valence-corrected chi connectivity index (χ1v) is 5.58. The molecule has 1 N–H and O–H groups in total. The number of amides is 2. The summed E-state index contributed by atoms with van der Waals surface area (Å²) >= 11 is 0. The molecule has 0 bridgehead atoms. The summed E-state index contributed by atoms with van der Waals surface area (Å²) in [7, 11) is 4.83. The van der Waals surface area contributed by atoms with Gasteiger partial charge in [-0.15, -0.1) is 0 Å². The number of rotatable bonds is 3. The molecule has 1 aromatic rings. The Morgan fingerprint density at radius 2 is 1.83 bits per heavy atom. The van der Waals surface area contributed by atoms with Crippen LogP contribution in [0.25, 0.3) is 0 Å². The largest absolute Gasteiger partial charge is 0.508 e. The van der Waals surface area contributed by atoms with Gasteiger partial charge in [0.25, 0.3) is 5.91 Å². The average molecular weight is 250 g/mol. The first kappa shape index (κ1) is 14.0. The number of hydrogen-bond donors (Lipinski definition) is 1. The summed E-state index contributed by atoms with van der Waals surface area (Å²) in [5, 5.41) is 9.55. The third kappa shape index (κ3) is 3.23. The van der Waals surface area contributed by atoms with E-state index in [0.29, 0.717) is 11.1 Å². The molecule has 0 radical (unpaired) electrons. The molecule has 0 fully saturated rings. The third-order valence-electron chi connectivity index (χ3n) is 2.67. The Morgan fingerprint density at radius 3 is 2.33 bits per heavy atom. The van der Waals surface area contributed by atoms with E-state index in [2.05, 4.69) is 0 Å². The standard InChI is InChI=1S/C13H18N2O3/c1-9-5-6-10(7-11(9)16)13(18)15(4)8-12(17)14(2)3/h5-7,16H,8H2,1-4H3. The zero-order valence-electron chi connectivity index (χ0n) is 11.1. The van der Waals surface area contributed by atoms with E-state index in [4.69, 9.17) is 0 Å². The van der Waals surface area contributed by atoms with Crippen molar-refractivity contribution in [2.24, 2.45) is 0 Å². The number of aromatic hydroxyl groups is 1. The van der Waals surface area contributed by atoms with Crippen molar-refractivity contribution in [1.82, 2.24) is 9.80 Å². The van der Waals surface area contributed by atoms with Crippen LogP contribution >= 0.6 is 0 Å². The lowest BCUT2D eigenvalue weighted by Gasteiger charge is -2.19. The fourth-order valence-electron chi connectivity index (χ4n) is 1.38. The number of benzene rings is 1. The number of hydrogen-bond acceptors (Lipinski definition) is 3. The Balaban J connectivity index is 2.80. The van der Waals surface area contributed by atoms with Crippen molar-refractivity contribution in [1.29, 1.82) is 0 Å². The maximum atomic E-state index is 12.0. The first-order chi connectivity index (χ1) is 8.32. The van der Waals surface area contributed by atoms with Crippen molar-refractivity contribution < 1.29 is 14.7 Å². The van der Waals surface area contributed by atoms with Crippen molar-refractivity contribution in [2.75, 3.05) is 27.7 Å². The van der Waals surface area contributed by atoms with E-state index in [0.717, 1.165) is 0 Å². The second kappa shape index (κ2) is 5.53. The van der Waals surface area contributed by atoms with Gasteiger partial charge in [-0.2, -0.15) is 0 Å². The Bertz CT molecular complexity index is 469. The van der Waals surface area contributed by atoms with E-state index in [9.17, 15) is 14.7 Å². The maximum absolute atomic E-state index is 12.0. The normalized spacial score (nSPS) is 10.0. The molecular formula is C13H18N2O3. The summed E-state index contributed by atoms with van der Waals surface area (Å²) in [6.07, 6.45) is 0. The molecular weight excluding hydrogens is 232 g/mol. The quantitative estimate of drug-likeness (QED) is 0.865. The molecule has 0 aliphatic heterocycles. The van der Waals surface area contributed by atoms with Crippen LogP contribution in [0.15, 0.2) is 18.2 Å². The van der Waals surface area contributed by atoms with Crippen LogP contribution in [0.5, 0.6) is 5.75 Å². The Kier molecular flexibility index (Phi) is 4.31. The molecule has 0 atom stereocenters. The van der Waals surface area contributed by atoms with Crippen molar-refractivity contribution in [3.63, 3.8) is 0 Å². The molecule has 5 nitrogen and oxygen atoms in total. The molecule has 0 aliphatic carbocycles. The van der Waals surface area contributed by atoms with Gasteiger partial charge in [-0.25, -0.2) is 0 Å². The minimum absolute atomic E-state index is 0.0144. The molecule has 1 aromatic carbocycles. The van der Waals surface area contributed by atoms with Gasteiger partial charge in [0, 0.05) is 26.7 Å². The van der Waals surface area contributed by atoms with Crippen molar-refractivity contribution >= 4 is 11.8 Å². The number of phenolic OH excluding ortho intramolecular Hbond substituents is 1. The lowest BCUT2D eigenvalue weighted by molar-refractivity contribution is -0.129. The summed E-state index contributed by atoms with van der Waals surface area (Å²) < 4.78 is 0. The van der Waals surface area contributed by atoms with Gasteiger partial charge >= 0.3 is 0 Å². The lowest BCUT2D eigenvalue weighted by atomic mass is 10.1. The van der Waals surface area contributed by atoms with Crippen molar-refractivity contribution in [3.8, 4) is 5.75 Å². The number of aryl methyl sites for hydroxylation is 1. The van der Waals surface area contributed by atoms with Gasteiger partial charge in [-0.05, 0) is 24.6 Å². The van der Waals surface area contributed by atoms with Gasteiger partial charge in [0.2, 0.25) is 5.91 Å². The molecule has 1 rings (SSSR count). The summed E-state index contributed by atoms with van der Waals surface area (Å²) in [6.45, 7) is 1.77. The van der Waals surface area contributed by atoms with Crippen LogP contribution in [0.2, 0.25) is 0 Å². The number of likely N-dealkylation sites (N-methyl/N-ethyl adjacent to an activating group) is 2. The van der Waals surface area contributed by atoms with E-state index < -0.39 is 0 Å². The highest BCUT2D eigenvalue weighted by atomic mass is 16.3. The van der Waals surface area contributed by atoms with E-state index in [1.54, 1.807) is 40.2 Å². The summed E-state index contributed by atoms with van der Waals surface area (Å²) in [5.74, 6) is -0.365. The van der Waals surface area contributed by atoms with Crippen LogP contribution in [-0.2, 0) is 4.79 Å². The predicted octanol–water partition coefficient (Wildman–Crippen LogP) is 0.861. The highest BCUT2D eigenvalue weighted by Crippen LogP contribution is 2.18. The zero-order chi connectivity index (χ0) is 13.9. The molecule has 5 heteroatoms. The molecule has 98 valence electrons. The second-order valence-electron chi connectivity index (χ2n) is 4.45. The molecule has 18 heavy (non-hydrogen) atoms. The molecule has 0 saturated heterocycles. The van der Waals surface area contributed by atoms with Crippen LogP contribution in [0.1, 0.15) is 15.9 Å². The third-order valence-corrected chi connectivity index (χ3v) is 2.67. The lowest BCUT2D eigenvalue weighted by Crippen LogP contribution is -2.37. The van der Waals surface area contributed by atoms with E-state index in [1.807, 2.05) is 0 Å². The molecule has 0 heterocycles. The zero-order valence-corrected chi connectivity index (χ0v) is 11.1. The van der Waals surface area contributed by atoms with E-state index in [-0.39, 0.29) is 24.1 Å². The van der Waals surface area contributed by atoms with Gasteiger partial charge in [0.05, 0.1) is 6.54 Å². The summed E-state index contributed by atoms with van der Waals surface area (Å²) in [5.41, 5.74) is 1.07. The number of nitrogens with zero attached hydrogens (tertiary/aromatic N) is 2. The molecule has 0 spiro atoms. The second-order valence-corrected chi connectivity index (χ2v) is 4.45. The SMILES string of the molecule is Cc1ccc(C(=O)N(C)CC(=O)N(C)C)cc1O. The van der Waals surface area contributed by atoms with Crippen molar-refractivity contribution in [3.05, 3.63) is 29.3 Å². The van der Waals surface area contributed by atoms with Gasteiger partial charge < -0.3 is 14.9 Å². The highest BCUT2D eigenvalue weighted by molar-refractivity contribution is 5.96. The first-order valence-electron chi connectivity index (χ1n) is 5.58. The summed E-state index contributed by atoms with van der Waals surface area (Å²) in [6, 6.07) is 4.71. The Hall–Kier alpha value is -2.04. The van der Waals surface area contributed by atoms with Gasteiger partial charge in [-0.3, -0.25) is 9.59 Å². The monoisotopic (exact) mass is 250 g/mol. The minimum atomic E-state index is -0.291. The topological polar surface area (TPSA) is 60.9 Å². The van der Waals surface area contributed by atoms with Crippen LogP contribution < -0.4 is 0 Å². The molecule has 2 amide bonds. The molecule has 0 aromatic heterocycles. The van der Waals surface area contributed by atoms with Crippen LogP contribution in [-0.4, -0.2) is 54.4 Å². The molecule has 0 aliphatic rings. The average Bonchev–Trinajstić information content (AvgIpc) is 2.31. The molecule has 0 saturated carbocycles. The van der Waals surface area contributed by atoms with Crippen LogP contribution in [0.4, 0.5) is 0 Å². The number of carbonyl (C=O) groups excluding carboxylic acids is 2. The fraction of sp³-hybridized carbons (Fsp3) is 0.385. The molecule has 0 unspecified atom stereocenters. The number of carbonyl (C=O) groups is 2. The summed E-state index contributed by atoms with van der Waals surface area (Å²) in [4.78, 5) is 26.3. The fourth-order valence-corrected chi connectivity index (χ4v) is 1.38.